The molecule has 172 valence electrons. The van der Waals surface area contributed by atoms with Gasteiger partial charge in [0.2, 0.25) is 5.76 Å². The van der Waals surface area contributed by atoms with Crippen molar-refractivity contribution < 1.29 is 28.3 Å². The first kappa shape index (κ1) is 21.5. The highest BCUT2D eigenvalue weighted by molar-refractivity contribution is 5.99. The fourth-order valence-electron chi connectivity index (χ4n) is 4.84. The van der Waals surface area contributed by atoms with E-state index in [2.05, 4.69) is 0 Å². The van der Waals surface area contributed by atoms with Gasteiger partial charge in [-0.25, -0.2) is 0 Å². The molecule has 0 spiro atoms. The number of morpholine rings is 1. The molecule has 3 heterocycles. The number of carbonyl (C=O) groups excluding carboxylic acids is 1. The zero-order valence-corrected chi connectivity index (χ0v) is 18.8. The van der Waals surface area contributed by atoms with Crippen LogP contribution in [0.15, 0.2) is 51.7 Å². The molecule has 1 atom stereocenters. The molecule has 1 aromatic heterocycles. The first-order chi connectivity index (χ1) is 16.1. The van der Waals surface area contributed by atoms with Gasteiger partial charge >= 0.3 is 0 Å². The molecule has 33 heavy (non-hydrogen) atoms. The smallest absolute Gasteiger partial charge is 0.291 e. The van der Waals surface area contributed by atoms with E-state index >= 15 is 0 Å². The Morgan fingerprint density at radius 2 is 1.82 bits per heavy atom. The van der Waals surface area contributed by atoms with Gasteiger partial charge in [0.1, 0.15) is 18.7 Å². The summed E-state index contributed by atoms with van der Waals surface area (Å²) in [6.45, 7) is 4.43. The van der Waals surface area contributed by atoms with Crippen LogP contribution in [0, 0.1) is 0 Å². The van der Waals surface area contributed by atoms with E-state index in [1.165, 1.54) is 4.90 Å². The fraction of sp³-hybridized carbons (Fsp3) is 0.360. The molecule has 1 fully saturated rings. The van der Waals surface area contributed by atoms with Crippen molar-refractivity contribution in [3.8, 4) is 11.5 Å². The van der Waals surface area contributed by atoms with E-state index in [1.807, 2.05) is 12.1 Å². The second kappa shape index (κ2) is 8.88. The monoisotopic (exact) mass is 451 g/mol. The van der Waals surface area contributed by atoms with Gasteiger partial charge in [0.15, 0.2) is 16.9 Å². The van der Waals surface area contributed by atoms with Crippen LogP contribution in [0.1, 0.15) is 27.7 Å². The molecule has 2 aromatic carbocycles. The summed E-state index contributed by atoms with van der Waals surface area (Å²) >= 11 is 0. The van der Waals surface area contributed by atoms with Crippen LogP contribution in [0.2, 0.25) is 0 Å². The lowest BCUT2D eigenvalue weighted by Crippen LogP contribution is -3.14. The lowest BCUT2D eigenvalue weighted by Gasteiger charge is -2.29. The zero-order chi connectivity index (χ0) is 22.9. The molecule has 2 aliphatic rings. The van der Waals surface area contributed by atoms with Crippen molar-refractivity contribution in [3.05, 3.63) is 69.6 Å². The average molecular weight is 451 g/mol. The minimum Gasteiger partial charge on any atom is -0.493 e. The number of ether oxygens (including phenoxy) is 3. The number of nitrogens with zero attached hydrogens (tertiary/aromatic N) is 1. The number of quaternary nitrogens is 1. The van der Waals surface area contributed by atoms with E-state index < -0.39 is 6.04 Å². The number of carbonyl (C=O) groups is 1. The van der Waals surface area contributed by atoms with E-state index in [4.69, 9.17) is 18.6 Å². The number of rotatable bonds is 6. The molecular formula is C25H27N2O6+. The maximum atomic E-state index is 13.6. The van der Waals surface area contributed by atoms with E-state index in [-0.39, 0.29) is 17.1 Å². The van der Waals surface area contributed by atoms with E-state index in [0.717, 1.165) is 19.6 Å². The molecule has 3 aromatic rings. The quantitative estimate of drug-likeness (QED) is 0.608. The second-order valence-electron chi connectivity index (χ2n) is 8.27. The van der Waals surface area contributed by atoms with Crippen LogP contribution in [0.4, 0.5) is 0 Å². The molecule has 2 aliphatic heterocycles. The van der Waals surface area contributed by atoms with E-state index in [1.54, 1.807) is 49.5 Å². The predicted octanol–water partition coefficient (Wildman–Crippen LogP) is 1.27. The molecule has 5 rings (SSSR count). The van der Waals surface area contributed by atoms with Crippen molar-refractivity contribution in [2.45, 2.75) is 6.04 Å². The van der Waals surface area contributed by atoms with Crippen LogP contribution in [-0.4, -0.2) is 64.4 Å². The fourth-order valence-corrected chi connectivity index (χ4v) is 4.84. The summed E-state index contributed by atoms with van der Waals surface area (Å²) < 4.78 is 22.6. The number of nitrogens with one attached hydrogen (secondary N) is 1. The average Bonchev–Trinajstić information content (AvgIpc) is 3.14. The molecule has 0 radical (unpaired) electrons. The van der Waals surface area contributed by atoms with Gasteiger partial charge in [0.25, 0.3) is 5.91 Å². The van der Waals surface area contributed by atoms with Gasteiger partial charge in [-0.2, -0.15) is 0 Å². The molecule has 1 amide bonds. The Morgan fingerprint density at radius 3 is 2.58 bits per heavy atom. The Bertz CT molecular complexity index is 1250. The highest BCUT2D eigenvalue weighted by atomic mass is 16.5. The second-order valence-corrected chi connectivity index (χ2v) is 8.27. The Kier molecular flexibility index (Phi) is 5.78. The summed E-state index contributed by atoms with van der Waals surface area (Å²) in [5.74, 6) is 0.864. The van der Waals surface area contributed by atoms with E-state index in [0.29, 0.717) is 53.4 Å². The van der Waals surface area contributed by atoms with Gasteiger partial charge in [-0.3, -0.25) is 9.59 Å². The third kappa shape index (κ3) is 3.65. The molecule has 0 saturated carbocycles. The number of para-hydroxylation sites is 2. The van der Waals surface area contributed by atoms with Gasteiger partial charge in [0.05, 0.1) is 57.5 Å². The van der Waals surface area contributed by atoms with Crippen LogP contribution in [0.25, 0.3) is 11.0 Å². The number of hydrogen-bond donors (Lipinski definition) is 1. The van der Waals surface area contributed by atoms with Gasteiger partial charge in [-0.05, 0) is 18.2 Å². The summed E-state index contributed by atoms with van der Waals surface area (Å²) in [6.07, 6.45) is 0. The molecule has 1 saturated heterocycles. The summed E-state index contributed by atoms with van der Waals surface area (Å²) in [7, 11) is 3.13. The lowest BCUT2D eigenvalue weighted by molar-refractivity contribution is -0.907. The van der Waals surface area contributed by atoms with Crippen LogP contribution >= 0.6 is 0 Å². The maximum Gasteiger partial charge on any atom is 0.291 e. The Labute approximate surface area is 191 Å². The highest BCUT2D eigenvalue weighted by Crippen LogP contribution is 2.44. The lowest BCUT2D eigenvalue weighted by atomic mass is 9.97. The van der Waals surface area contributed by atoms with Crippen molar-refractivity contribution in [2.75, 3.05) is 53.6 Å². The number of fused-ring (bicyclic) bond motifs is 2. The predicted molar refractivity (Wildman–Crippen MR) is 121 cm³/mol. The van der Waals surface area contributed by atoms with Gasteiger partial charge in [-0.15, -0.1) is 0 Å². The van der Waals surface area contributed by atoms with Crippen molar-refractivity contribution >= 4 is 16.9 Å². The summed E-state index contributed by atoms with van der Waals surface area (Å²) in [5.41, 5.74) is 1.26. The van der Waals surface area contributed by atoms with Gasteiger partial charge in [0, 0.05) is 5.56 Å². The first-order valence-electron chi connectivity index (χ1n) is 11.1. The molecule has 0 bridgehead atoms. The van der Waals surface area contributed by atoms with Crippen LogP contribution in [0.5, 0.6) is 11.5 Å². The third-order valence-corrected chi connectivity index (χ3v) is 6.51. The molecule has 8 heteroatoms. The van der Waals surface area contributed by atoms with Crippen LogP contribution in [0.3, 0.4) is 0 Å². The Balaban J connectivity index is 1.65. The van der Waals surface area contributed by atoms with Crippen molar-refractivity contribution in [3.63, 3.8) is 0 Å². The number of benzene rings is 2. The molecule has 0 unspecified atom stereocenters. The van der Waals surface area contributed by atoms with Gasteiger partial charge in [-0.1, -0.05) is 24.3 Å². The number of amides is 1. The molecular weight excluding hydrogens is 424 g/mol. The Morgan fingerprint density at radius 1 is 1.03 bits per heavy atom. The SMILES string of the molecule is COc1cccc([C@H]2c3c(oc4ccccc4c3=O)C(=O)N2CC[NH+]2CCOCC2)c1OC. The van der Waals surface area contributed by atoms with Crippen molar-refractivity contribution in [1.29, 1.82) is 0 Å². The topological polar surface area (TPSA) is 82.7 Å². The molecule has 0 aliphatic carbocycles. The highest BCUT2D eigenvalue weighted by Gasteiger charge is 2.44. The molecule has 1 N–H and O–H groups in total. The number of hydrogen-bond acceptors (Lipinski definition) is 6. The van der Waals surface area contributed by atoms with Crippen LogP contribution < -0.4 is 19.8 Å². The minimum absolute atomic E-state index is 0.102. The summed E-state index contributed by atoms with van der Waals surface area (Å²) in [5, 5.41) is 0.455. The summed E-state index contributed by atoms with van der Waals surface area (Å²) in [4.78, 5) is 30.3. The van der Waals surface area contributed by atoms with Crippen molar-refractivity contribution in [2.24, 2.45) is 0 Å². The molecule has 8 nitrogen and oxygen atoms in total. The zero-order valence-electron chi connectivity index (χ0n) is 18.8. The third-order valence-electron chi connectivity index (χ3n) is 6.51. The standard InChI is InChI=1S/C25H26N2O6/c1-30-19-9-5-7-17(23(19)31-2)21-20-22(28)16-6-3-4-8-18(16)33-24(20)25(29)27(21)11-10-26-12-14-32-15-13-26/h3-9,21H,10-15H2,1-2H3/p+1/t21-/m0/s1. The van der Waals surface area contributed by atoms with Gasteiger partial charge < -0.3 is 28.4 Å². The maximum absolute atomic E-state index is 13.6. The Hall–Kier alpha value is -3.36. The normalized spacial score (nSPS) is 18.5. The largest absolute Gasteiger partial charge is 0.493 e. The summed E-state index contributed by atoms with van der Waals surface area (Å²) in [6, 6.07) is 11.9. The van der Waals surface area contributed by atoms with Crippen LogP contribution in [-0.2, 0) is 4.74 Å². The number of methoxy groups -OCH3 is 2. The van der Waals surface area contributed by atoms with Crippen molar-refractivity contribution in [1.82, 2.24) is 4.90 Å². The first-order valence-corrected chi connectivity index (χ1v) is 11.1. The minimum atomic E-state index is -0.626. The van der Waals surface area contributed by atoms with E-state index in [9.17, 15) is 9.59 Å².